The Bertz CT molecular complexity index is 776. The number of fused-ring (bicyclic) bond motifs is 1. The highest BCUT2D eigenvalue weighted by Gasteiger charge is 2.45. The maximum absolute atomic E-state index is 12.9. The van der Waals surface area contributed by atoms with Gasteiger partial charge in [0.15, 0.2) is 0 Å². The second kappa shape index (κ2) is 6.80. The number of aryl methyl sites for hydroxylation is 1. The summed E-state index contributed by atoms with van der Waals surface area (Å²) in [4.78, 5) is 11.7. The number of carbonyl (C=O) groups excluding carboxylic acids is 1. The van der Waals surface area contributed by atoms with Gasteiger partial charge in [0.1, 0.15) is 5.75 Å². The van der Waals surface area contributed by atoms with Crippen molar-refractivity contribution in [3.63, 3.8) is 0 Å². The SMILES string of the molecule is C=CC(=O)NC1CC2CN(S(=O)(=O)c3ccc(OC)c(C)c3)CC2C1. The number of nitrogens with zero attached hydrogens (tertiary/aromatic N) is 1. The Morgan fingerprint density at radius 2 is 1.96 bits per heavy atom. The highest BCUT2D eigenvalue weighted by Crippen LogP contribution is 2.40. The monoisotopic (exact) mass is 364 g/mol. The number of carbonyl (C=O) groups is 1. The minimum atomic E-state index is -3.50. The van der Waals surface area contributed by atoms with E-state index in [0.717, 1.165) is 18.4 Å². The molecule has 1 N–H and O–H groups in total. The van der Waals surface area contributed by atoms with Crippen molar-refractivity contribution in [1.29, 1.82) is 0 Å². The van der Waals surface area contributed by atoms with Crippen molar-refractivity contribution in [2.24, 2.45) is 11.8 Å². The zero-order chi connectivity index (χ0) is 18.2. The summed E-state index contributed by atoms with van der Waals surface area (Å²) in [5, 5.41) is 2.92. The van der Waals surface area contributed by atoms with E-state index < -0.39 is 10.0 Å². The molecule has 1 saturated heterocycles. The minimum Gasteiger partial charge on any atom is -0.496 e. The molecule has 0 radical (unpaired) electrons. The minimum absolute atomic E-state index is 0.119. The largest absolute Gasteiger partial charge is 0.496 e. The lowest BCUT2D eigenvalue weighted by molar-refractivity contribution is -0.117. The zero-order valence-corrected chi connectivity index (χ0v) is 15.4. The smallest absolute Gasteiger partial charge is 0.243 e. The number of hydrogen-bond acceptors (Lipinski definition) is 4. The van der Waals surface area contributed by atoms with E-state index in [1.807, 2.05) is 6.92 Å². The van der Waals surface area contributed by atoms with E-state index >= 15 is 0 Å². The first-order chi connectivity index (χ1) is 11.8. The lowest BCUT2D eigenvalue weighted by Gasteiger charge is -2.20. The predicted molar refractivity (Wildman–Crippen MR) is 94.8 cm³/mol. The number of ether oxygens (including phenoxy) is 1. The molecular formula is C18H24N2O4S. The van der Waals surface area contributed by atoms with E-state index in [-0.39, 0.29) is 11.9 Å². The van der Waals surface area contributed by atoms with E-state index in [4.69, 9.17) is 4.74 Å². The quantitative estimate of drug-likeness (QED) is 0.807. The standard InChI is InChI=1S/C18H24N2O4S/c1-4-18(21)19-15-8-13-10-20(11-14(13)9-15)25(22,23)16-5-6-17(24-3)12(2)7-16/h4-7,13-15H,1,8-11H2,2-3H3,(H,19,21). The number of benzene rings is 1. The topological polar surface area (TPSA) is 75.7 Å². The summed E-state index contributed by atoms with van der Waals surface area (Å²) in [6.07, 6.45) is 2.91. The number of hydrogen-bond donors (Lipinski definition) is 1. The van der Waals surface area contributed by atoms with Gasteiger partial charge >= 0.3 is 0 Å². The van der Waals surface area contributed by atoms with Crippen molar-refractivity contribution < 1.29 is 17.9 Å². The van der Waals surface area contributed by atoms with Gasteiger partial charge in [-0.25, -0.2) is 8.42 Å². The van der Waals surface area contributed by atoms with Crippen LogP contribution in [0.5, 0.6) is 5.75 Å². The fourth-order valence-electron chi connectivity index (χ4n) is 3.99. The molecule has 0 aromatic heterocycles. The number of methoxy groups -OCH3 is 1. The van der Waals surface area contributed by atoms with Gasteiger partial charge in [-0.15, -0.1) is 0 Å². The van der Waals surface area contributed by atoms with Crippen LogP contribution in [0.3, 0.4) is 0 Å². The molecule has 136 valence electrons. The van der Waals surface area contributed by atoms with Gasteiger partial charge in [-0.1, -0.05) is 6.58 Å². The first-order valence-corrected chi connectivity index (χ1v) is 9.87. The zero-order valence-electron chi connectivity index (χ0n) is 14.6. The first kappa shape index (κ1) is 17.9. The maximum Gasteiger partial charge on any atom is 0.243 e. The van der Waals surface area contributed by atoms with Gasteiger partial charge in [-0.3, -0.25) is 4.79 Å². The van der Waals surface area contributed by atoms with Crippen LogP contribution in [0.15, 0.2) is 35.7 Å². The summed E-state index contributed by atoms with van der Waals surface area (Å²) in [7, 11) is -1.93. The Hall–Kier alpha value is -1.86. The summed E-state index contributed by atoms with van der Waals surface area (Å²) >= 11 is 0. The molecule has 25 heavy (non-hydrogen) atoms. The molecule has 2 aliphatic rings. The number of nitrogens with one attached hydrogen (secondary N) is 1. The molecule has 1 heterocycles. The molecule has 1 aliphatic carbocycles. The Morgan fingerprint density at radius 1 is 1.32 bits per heavy atom. The van der Waals surface area contributed by atoms with Crippen LogP contribution in [-0.4, -0.2) is 44.9 Å². The Labute approximate surface area is 148 Å². The Balaban J connectivity index is 1.70. The highest BCUT2D eigenvalue weighted by atomic mass is 32.2. The summed E-state index contributed by atoms with van der Waals surface area (Å²) in [6, 6.07) is 5.08. The van der Waals surface area contributed by atoms with Gasteiger partial charge in [0.25, 0.3) is 0 Å². The molecule has 1 aromatic carbocycles. The first-order valence-electron chi connectivity index (χ1n) is 8.43. The summed E-state index contributed by atoms with van der Waals surface area (Å²) in [5.41, 5.74) is 0.801. The second-order valence-corrected chi connectivity index (χ2v) is 8.79. The van der Waals surface area contributed by atoms with Crippen LogP contribution in [0.4, 0.5) is 0 Å². The van der Waals surface area contributed by atoms with E-state index in [2.05, 4.69) is 11.9 Å². The van der Waals surface area contributed by atoms with Crippen molar-refractivity contribution in [2.45, 2.75) is 30.7 Å². The van der Waals surface area contributed by atoms with Crippen molar-refractivity contribution in [1.82, 2.24) is 9.62 Å². The van der Waals surface area contributed by atoms with Crippen LogP contribution in [0.2, 0.25) is 0 Å². The summed E-state index contributed by atoms with van der Waals surface area (Å²) in [5.74, 6) is 1.11. The fourth-order valence-corrected chi connectivity index (χ4v) is 5.63. The molecule has 1 amide bonds. The van der Waals surface area contributed by atoms with Crippen LogP contribution < -0.4 is 10.1 Å². The molecular weight excluding hydrogens is 340 g/mol. The molecule has 0 bridgehead atoms. The average Bonchev–Trinajstić information content (AvgIpc) is 3.13. The number of sulfonamides is 1. The Morgan fingerprint density at radius 3 is 2.48 bits per heavy atom. The van der Waals surface area contributed by atoms with E-state index in [1.54, 1.807) is 29.6 Å². The highest BCUT2D eigenvalue weighted by molar-refractivity contribution is 7.89. The van der Waals surface area contributed by atoms with Gasteiger partial charge in [0, 0.05) is 19.1 Å². The fraction of sp³-hybridized carbons (Fsp3) is 0.500. The van der Waals surface area contributed by atoms with Crippen molar-refractivity contribution >= 4 is 15.9 Å². The lowest BCUT2D eigenvalue weighted by atomic mass is 10.0. The van der Waals surface area contributed by atoms with Gasteiger partial charge in [-0.05, 0) is 61.4 Å². The molecule has 7 heteroatoms. The molecule has 2 atom stereocenters. The third-order valence-corrected chi connectivity index (χ3v) is 7.08. The molecule has 2 fully saturated rings. The predicted octanol–water partition coefficient (Wildman–Crippen LogP) is 1.70. The van der Waals surface area contributed by atoms with Crippen LogP contribution in [-0.2, 0) is 14.8 Å². The molecule has 0 spiro atoms. The van der Waals surface area contributed by atoms with Crippen LogP contribution in [0.1, 0.15) is 18.4 Å². The van der Waals surface area contributed by atoms with Gasteiger partial charge < -0.3 is 10.1 Å². The number of rotatable bonds is 5. The third-order valence-electron chi connectivity index (χ3n) is 5.25. The summed E-state index contributed by atoms with van der Waals surface area (Å²) in [6.45, 7) is 6.33. The molecule has 1 aliphatic heterocycles. The maximum atomic E-state index is 12.9. The molecule has 1 saturated carbocycles. The van der Waals surface area contributed by atoms with Gasteiger partial charge in [-0.2, -0.15) is 4.31 Å². The van der Waals surface area contributed by atoms with Crippen LogP contribution in [0.25, 0.3) is 0 Å². The lowest BCUT2D eigenvalue weighted by Crippen LogP contribution is -2.35. The summed E-state index contributed by atoms with van der Waals surface area (Å²) < 4.78 is 32.6. The van der Waals surface area contributed by atoms with Gasteiger partial charge in [0.05, 0.1) is 12.0 Å². The van der Waals surface area contributed by atoms with E-state index in [9.17, 15) is 13.2 Å². The second-order valence-electron chi connectivity index (χ2n) is 6.85. The van der Waals surface area contributed by atoms with Crippen molar-refractivity contribution in [3.8, 4) is 5.75 Å². The number of amides is 1. The van der Waals surface area contributed by atoms with Crippen LogP contribution >= 0.6 is 0 Å². The van der Waals surface area contributed by atoms with E-state index in [0.29, 0.717) is 35.6 Å². The van der Waals surface area contributed by atoms with Gasteiger partial charge in [0.2, 0.25) is 15.9 Å². The van der Waals surface area contributed by atoms with E-state index in [1.165, 1.54) is 6.08 Å². The Kier molecular flexibility index (Phi) is 4.88. The van der Waals surface area contributed by atoms with Crippen molar-refractivity contribution in [3.05, 3.63) is 36.4 Å². The molecule has 6 nitrogen and oxygen atoms in total. The van der Waals surface area contributed by atoms with Crippen molar-refractivity contribution in [2.75, 3.05) is 20.2 Å². The molecule has 1 aromatic rings. The average molecular weight is 364 g/mol. The third kappa shape index (κ3) is 3.43. The van der Waals surface area contributed by atoms with Crippen LogP contribution in [0, 0.1) is 18.8 Å². The normalized spacial score (nSPS) is 26.2. The molecule has 3 rings (SSSR count). The molecule has 2 unspecified atom stereocenters.